The molecule has 0 bridgehead atoms. The Morgan fingerprint density at radius 3 is 3.18 bits per heavy atom. The highest BCUT2D eigenvalue weighted by molar-refractivity contribution is 9.10. The Labute approximate surface area is 108 Å². The number of aromatic nitrogens is 3. The van der Waals surface area contributed by atoms with E-state index in [0.29, 0.717) is 6.04 Å². The number of halogens is 1. The molecule has 0 saturated carbocycles. The van der Waals surface area contributed by atoms with Gasteiger partial charge in [-0.15, -0.1) is 0 Å². The Kier molecular flexibility index (Phi) is 2.84. The molecule has 0 fully saturated rings. The minimum Gasteiger partial charge on any atom is -0.364 e. The van der Waals surface area contributed by atoms with Gasteiger partial charge in [-0.25, -0.2) is 9.97 Å². The normalized spacial score (nSPS) is 19.7. The van der Waals surface area contributed by atoms with Crippen LogP contribution in [0.3, 0.4) is 0 Å². The maximum Gasteiger partial charge on any atom is 0.180 e. The van der Waals surface area contributed by atoms with Crippen molar-refractivity contribution in [3.63, 3.8) is 0 Å². The second kappa shape index (κ2) is 4.49. The summed E-state index contributed by atoms with van der Waals surface area (Å²) in [7, 11) is 0. The Bertz CT molecular complexity index is 561. The summed E-state index contributed by atoms with van der Waals surface area (Å²) in [5, 5.41) is 3.48. The zero-order valence-corrected chi connectivity index (χ0v) is 10.9. The molecule has 0 aliphatic heterocycles. The van der Waals surface area contributed by atoms with Crippen LogP contribution in [0.5, 0.6) is 0 Å². The summed E-state index contributed by atoms with van der Waals surface area (Å²) < 4.78 is 2.79. The summed E-state index contributed by atoms with van der Waals surface area (Å²) in [5.41, 5.74) is 0.878. The van der Waals surface area contributed by atoms with E-state index in [4.69, 9.17) is 0 Å². The maximum atomic E-state index is 4.47. The molecule has 1 atom stereocenters. The summed E-state index contributed by atoms with van der Waals surface area (Å²) in [6, 6.07) is 0.460. The highest BCUT2D eigenvalue weighted by atomic mass is 79.9. The molecular weight excluding hydrogens is 280 g/mol. The molecule has 0 amide bonds. The van der Waals surface area contributed by atoms with E-state index in [-0.39, 0.29) is 0 Å². The molecular formula is C12H13BrN4. The minimum atomic E-state index is 0.460. The van der Waals surface area contributed by atoms with Gasteiger partial charge < -0.3 is 9.72 Å². The number of anilines is 1. The first-order valence-electron chi connectivity index (χ1n) is 5.74. The Hall–Kier alpha value is -1.36. The number of fused-ring (bicyclic) bond motifs is 1. The van der Waals surface area contributed by atoms with E-state index >= 15 is 0 Å². The van der Waals surface area contributed by atoms with Crippen molar-refractivity contribution in [2.24, 2.45) is 0 Å². The van der Waals surface area contributed by atoms with Crippen molar-refractivity contribution >= 4 is 27.4 Å². The fourth-order valence-corrected chi connectivity index (χ4v) is 2.51. The second-order valence-electron chi connectivity index (χ2n) is 4.20. The van der Waals surface area contributed by atoms with Crippen LogP contribution in [0.15, 0.2) is 35.3 Å². The monoisotopic (exact) mass is 292 g/mol. The smallest absolute Gasteiger partial charge is 0.180 e. The third kappa shape index (κ3) is 2.20. The summed E-state index contributed by atoms with van der Waals surface area (Å²) in [4.78, 5) is 8.79. The maximum absolute atomic E-state index is 4.47. The van der Waals surface area contributed by atoms with Gasteiger partial charge in [0.2, 0.25) is 0 Å². The van der Waals surface area contributed by atoms with Crippen LogP contribution in [0.25, 0.3) is 5.65 Å². The third-order valence-corrected chi connectivity index (χ3v) is 3.34. The standard InChI is InChI=1S/C12H13BrN4/c13-10-8-17-7-6-14-12(17)11(16-10)15-9-4-2-1-3-5-9/h1-2,6-9H,3-5H2,(H,15,16). The van der Waals surface area contributed by atoms with Crippen molar-refractivity contribution in [2.75, 3.05) is 5.32 Å². The summed E-state index contributed by atoms with van der Waals surface area (Å²) in [6.07, 6.45) is 13.4. The molecule has 2 heterocycles. The third-order valence-electron chi connectivity index (χ3n) is 2.95. The molecule has 1 unspecified atom stereocenters. The average Bonchev–Trinajstić information content (AvgIpc) is 2.78. The SMILES string of the molecule is Brc1cn2ccnc2c(NC2CC=CCC2)n1. The number of hydrogen-bond donors (Lipinski definition) is 1. The fraction of sp³-hybridized carbons (Fsp3) is 0.333. The Morgan fingerprint density at radius 1 is 1.41 bits per heavy atom. The van der Waals surface area contributed by atoms with Gasteiger partial charge in [-0.05, 0) is 35.2 Å². The van der Waals surface area contributed by atoms with Crippen molar-refractivity contribution in [3.05, 3.63) is 35.3 Å². The molecule has 4 nitrogen and oxygen atoms in total. The van der Waals surface area contributed by atoms with E-state index in [1.54, 1.807) is 6.20 Å². The number of nitrogens with one attached hydrogen (secondary N) is 1. The first-order chi connectivity index (χ1) is 8.33. The van der Waals surface area contributed by atoms with E-state index in [1.165, 1.54) is 0 Å². The minimum absolute atomic E-state index is 0.460. The van der Waals surface area contributed by atoms with Crippen molar-refractivity contribution < 1.29 is 0 Å². The van der Waals surface area contributed by atoms with Crippen LogP contribution >= 0.6 is 15.9 Å². The lowest BCUT2D eigenvalue weighted by atomic mass is 10.0. The average molecular weight is 293 g/mol. The lowest BCUT2D eigenvalue weighted by Gasteiger charge is -2.20. The van der Waals surface area contributed by atoms with E-state index in [2.05, 4.69) is 43.4 Å². The van der Waals surface area contributed by atoms with Crippen LogP contribution in [0.2, 0.25) is 0 Å². The predicted molar refractivity (Wildman–Crippen MR) is 71.1 cm³/mol. The lowest BCUT2D eigenvalue weighted by Crippen LogP contribution is -2.21. The number of nitrogens with zero attached hydrogens (tertiary/aromatic N) is 3. The van der Waals surface area contributed by atoms with E-state index in [0.717, 1.165) is 35.3 Å². The fourth-order valence-electron chi connectivity index (χ4n) is 2.12. The zero-order valence-electron chi connectivity index (χ0n) is 9.31. The first-order valence-corrected chi connectivity index (χ1v) is 6.53. The highest BCUT2D eigenvalue weighted by Gasteiger charge is 2.13. The van der Waals surface area contributed by atoms with E-state index < -0.39 is 0 Å². The summed E-state index contributed by atoms with van der Waals surface area (Å²) in [6.45, 7) is 0. The number of allylic oxidation sites excluding steroid dienone is 1. The molecule has 1 aliphatic carbocycles. The number of imidazole rings is 1. The van der Waals surface area contributed by atoms with Crippen molar-refractivity contribution in [3.8, 4) is 0 Å². The molecule has 0 saturated heterocycles. The molecule has 88 valence electrons. The van der Waals surface area contributed by atoms with Gasteiger partial charge in [0, 0.05) is 24.6 Å². The van der Waals surface area contributed by atoms with Crippen LogP contribution in [-0.4, -0.2) is 20.4 Å². The summed E-state index contributed by atoms with van der Waals surface area (Å²) in [5.74, 6) is 0.852. The van der Waals surface area contributed by atoms with Crippen molar-refractivity contribution in [2.45, 2.75) is 25.3 Å². The lowest BCUT2D eigenvalue weighted by molar-refractivity contribution is 0.642. The molecule has 1 N–H and O–H groups in total. The number of hydrogen-bond acceptors (Lipinski definition) is 3. The van der Waals surface area contributed by atoms with Gasteiger partial charge >= 0.3 is 0 Å². The second-order valence-corrected chi connectivity index (χ2v) is 5.01. The molecule has 1 aliphatic rings. The van der Waals surface area contributed by atoms with Crippen LogP contribution in [0.4, 0.5) is 5.82 Å². The van der Waals surface area contributed by atoms with Gasteiger partial charge in [0.25, 0.3) is 0 Å². The molecule has 17 heavy (non-hydrogen) atoms. The van der Waals surface area contributed by atoms with Gasteiger partial charge in [0.05, 0.1) is 0 Å². The topological polar surface area (TPSA) is 42.2 Å². The predicted octanol–water partition coefficient (Wildman–Crippen LogP) is 3.01. The Balaban J connectivity index is 1.93. The molecule has 0 spiro atoms. The summed E-state index contributed by atoms with van der Waals surface area (Å²) >= 11 is 3.42. The van der Waals surface area contributed by atoms with Gasteiger partial charge in [-0.1, -0.05) is 12.2 Å². The van der Waals surface area contributed by atoms with Crippen molar-refractivity contribution in [1.82, 2.24) is 14.4 Å². The van der Waals surface area contributed by atoms with E-state index in [1.807, 2.05) is 16.8 Å². The molecule has 3 rings (SSSR count). The van der Waals surface area contributed by atoms with Crippen LogP contribution in [0.1, 0.15) is 19.3 Å². The molecule has 2 aromatic rings. The highest BCUT2D eigenvalue weighted by Crippen LogP contribution is 2.21. The quantitative estimate of drug-likeness (QED) is 0.865. The van der Waals surface area contributed by atoms with Crippen LogP contribution in [0, 0.1) is 0 Å². The zero-order chi connectivity index (χ0) is 11.7. The van der Waals surface area contributed by atoms with Gasteiger partial charge in [0.1, 0.15) is 4.60 Å². The van der Waals surface area contributed by atoms with Crippen LogP contribution < -0.4 is 5.32 Å². The van der Waals surface area contributed by atoms with Gasteiger partial charge in [-0.3, -0.25) is 0 Å². The van der Waals surface area contributed by atoms with E-state index in [9.17, 15) is 0 Å². The van der Waals surface area contributed by atoms with Gasteiger partial charge in [0.15, 0.2) is 11.5 Å². The van der Waals surface area contributed by atoms with Crippen molar-refractivity contribution in [1.29, 1.82) is 0 Å². The number of rotatable bonds is 2. The molecule has 0 radical (unpaired) electrons. The largest absolute Gasteiger partial charge is 0.364 e. The van der Waals surface area contributed by atoms with Crippen LogP contribution in [-0.2, 0) is 0 Å². The van der Waals surface area contributed by atoms with Gasteiger partial charge in [-0.2, -0.15) is 0 Å². The Morgan fingerprint density at radius 2 is 2.35 bits per heavy atom. The molecule has 0 aromatic carbocycles. The first kappa shape index (κ1) is 10.8. The molecule has 2 aromatic heterocycles. The molecule has 5 heteroatoms.